The summed E-state index contributed by atoms with van der Waals surface area (Å²) in [5.41, 5.74) is 0.277. The molecule has 2 aromatic rings. The monoisotopic (exact) mass is 394 g/mol. The Morgan fingerprint density at radius 2 is 1.57 bits per heavy atom. The molecule has 0 saturated carbocycles. The standard InChI is InChI=1S/C11H8BrFN2O4S2/c12-11-7-8(5-6-14-11)15-21(18,19)10-3-1-9(2-4-10)20(13,16)17/h1-7H,(H,14,15). The van der Waals surface area contributed by atoms with Gasteiger partial charge in [0.15, 0.2) is 0 Å². The molecule has 0 fully saturated rings. The summed E-state index contributed by atoms with van der Waals surface area (Å²) in [6.45, 7) is 0. The quantitative estimate of drug-likeness (QED) is 0.634. The van der Waals surface area contributed by atoms with Gasteiger partial charge in [-0.2, -0.15) is 8.42 Å². The Hall–Kier alpha value is -1.52. The number of anilines is 1. The van der Waals surface area contributed by atoms with Gasteiger partial charge in [0.25, 0.3) is 10.0 Å². The number of rotatable bonds is 4. The normalized spacial score (nSPS) is 12.1. The number of pyridine rings is 1. The summed E-state index contributed by atoms with van der Waals surface area (Å²) >= 11 is 3.10. The van der Waals surface area contributed by atoms with Gasteiger partial charge in [-0.05, 0) is 52.3 Å². The lowest BCUT2D eigenvalue weighted by Gasteiger charge is -2.08. The van der Waals surface area contributed by atoms with Crippen LogP contribution in [0.1, 0.15) is 0 Å². The predicted octanol–water partition coefficient (Wildman–Crippen LogP) is 2.30. The average Bonchev–Trinajstić information content (AvgIpc) is 2.37. The molecule has 1 N–H and O–H groups in total. The molecule has 0 aliphatic rings. The highest BCUT2D eigenvalue weighted by Gasteiger charge is 2.17. The van der Waals surface area contributed by atoms with E-state index in [-0.39, 0.29) is 10.6 Å². The number of nitrogens with zero attached hydrogens (tertiary/aromatic N) is 1. The molecule has 0 radical (unpaired) electrons. The van der Waals surface area contributed by atoms with Crippen molar-refractivity contribution in [2.75, 3.05) is 4.72 Å². The Morgan fingerprint density at radius 1 is 1.00 bits per heavy atom. The first-order chi connectivity index (χ1) is 9.68. The first-order valence-corrected chi connectivity index (χ1v) is 9.03. The molecule has 112 valence electrons. The van der Waals surface area contributed by atoms with Crippen molar-refractivity contribution < 1.29 is 20.7 Å². The highest BCUT2D eigenvalue weighted by atomic mass is 79.9. The van der Waals surface area contributed by atoms with E-state index < -0.39 is 25.1 Å². The van der Waals surface area contributed by atoms with E-state index in [1.165, 1.54) is 18.3 Å². The second-order valence-electron chi connectivity index (χ2n) is 3.88. The van der Waals surface area contributed by atoms with Gasteiger partial charge < -0.3 is 0 Å². The summed E-state index contributed by atoms with van der Waals surface area (Å²) in [7, 11) is -8.77. The lowest BCUT2D eigenvalue weighted by molar-refractivity contribution is 0.551. The van der Waals surface area contributed by atoms with Crippen molar-refractivity contribution in [2.24, 2.45) is 0 Å². The van der Waals surface area contributed by atoms with Crippen LogP contribution < -0.4 is 4.72 Å². The molecule has 0 aliphatic heterocycles. The van der Waals surface area contributed by atoms with Gasteiger partial charge in [0.1, 0.15) is 4.60 Å². The summed E-state index contributed by atoms with van der Waals surface area (Å²) in [5, 5.41) is 0. The van der Waals surface area contributed by atoms with Gasteiger partial charge in [0.05, 0.1) is 15.5 Å². The van der Waals surface area contributed by atoms with Crippen molar-refractivity contribution >= 4 is 41.9 Å². The van der Waals surface area contributed by atoms with E-state index in [0.717, 1.165) is 24.3 Å². The van der Waals surface area contributed by atoms with Gasteiger partial charge in [0.2, 0.25) is 0 Å². The first-order valence-electron chi connectivity index (χ1n) is 5.37. The zero-order valence-corrected chi connectivity index (χ0v) is 13.4. The Kier molecular flexibility index (Phi) is 4.30. The zero-order valence-electron chi connectivity index (χ0n) is 10.2. The summed E-state index contributed by atoms with van der Waals surface area (Å²) in [4.78, 5) is 3.06. The van der Waals surface area contributed by atoms with E-state index >= 15 is 0 Å². The van der Waals surface area contributed by atoms with E-state index in [2.05, 4.69) is 25.6 Å². The zero-order chi connectivity index (χ0) is 15.7. The van der Waals surface area contributed by atoms with Crippen LogP contribution in [0, 0.1) is 0 Å². The van der Waals surface area contributed by atoms with Crippen molar-refractivity contribution in [3.8, 4) is 0 Å². The Morgan fingerprint density at radius 3 is 2.10 bits per heavy atom. The fraction of sp³-hybridized carbons (Fsp3) is 0. The number of aromatic nitrogens is 1. The third-order valence-corrected chi connectivity index (χ3v) is 5.06. The van der Waals surface area contributed by atoms with Crippen LogP contribution in [0.3, 0.4) is 0 Å². The maximum absolute atomic E-state index is 12.7. The van der Waals surface area contributed by atoms with Gasteiger partial charge in [0, 0.05) is 6.20 Å². The Bertz CT molecular complexity index is 867. The second kappa shape index (κ2) is 5.70. The van der Waals surface area contributed by atoms with Crippen LogP contribution in [0.15, 0.2) is 57.0 Å². The number of hydrogen-bond acceptors (Lipinski definition) is 5. The second-order valence-corrected chi connectivity index (χ2v) is 7.72. The first kappa shape index (κ1) is 15.9. The van der Waals surface area contributed by atoms with E-state index in [4.69, 9.17) is 0 Å². The summed E-state index contributed by atoms with van der Waals surface area (Å²) < 4.78 is 61.0. The van der Waals surface area contributed by atoms with Crippen LogP contribution in [-0.2, 0) is 20.2 Å². The largest absolute Gasteiger partial charge is 0.332 e. The van der Waals surface area contributed by atoms with Gasteiger partial charge in [-0.3, -0.25) is 4.72 Å². The number of nitrogens with one attached hydrogen (secondary N) is 1. The molecule has 21 heavy (non-hydrogen) atoms. The number of benzene rings is 1. The topological polar surface area (TPSA) is 93.2 Å². The molecule has 6 nitrogen and oxygen atoms in total. The molecule has 1 heterocycles. The minimum Gasteiger partial charge on any atom is -0.279 e. The molecule has 1 aromatic heterocycles. The van der Waals surface area contributed by atoms with E-state index in [1.807, 2.05) is 0 Å². The molecule has 10 heteroatoms. The minimum absolute atomic E-state index is 0.192. The molecular weight excluding hydrogens is 387 g/mol. The van der Waals surface area contributed by atoms with Crippen molar-refractivity contribution in [3.63, 3.8) is 0 Å². The van der Waals surface area contributed by atoms with Gasteiger partial charge in [-0.15, -0.1) is 3.89 Å². The third kappa shape index (κ3) is 3.99. The number of halogens is 2. The van der Waals surface area contributed by atoms with Gasteiger partial charge in [-0.25, -0.2) is 13.4 Å². The van der Waals surface area contributed by atoms with Crippen LogP contribution in [-0.4, -0.2) is 21.8 Å². The average molecular weight is 395 g/mol. The molecule has 0 bridgehead atoms. The maximum atomic E-state index is 12.7. The van der Waals surface area contributed by atoms with Crippen LogP contribution in [0.4, 0.5) is 9.57 Å². The summed E-state index contributed by atoms with van der Waals surface area (Å²) in [6, 6.07) is 6.68. The highest BCUT2D eigenvalue weighted by molar-refractivity contribution is 9.10. The molecule has 0 amide bonds. The minimum atomic E-state index is -4.86. The van der Waals surface area contributed by atoms with Crippen molar-refractivity contribution in [2.45, 2.75) is 9.79 Å². The van der Waals surface area contributed by atoms with E-state index in [9.17, 15) is 20.7 Å². The molecule has 0 atom stereocenters. The van der Waals surface area contributed by atoms with E-state index in [1.54, 1.807) is 0 Å². The lowest BCUT2D eigenvalue weighted by Crippen LogP contribution is -2.13. The van der Waals surface area contributed by atoms with Crippen molar-refractivity contribution in [1.82, 2.24) is 4.98 Å². The molecule has 1 aromatic carbocycles. The highest BCUT2D eigenvalue weighted by Crippen LogP contribution is 2.20. The molecular formula is C11H8BrFN2O4S2. The maximum Gasteiger partial charge on any atom is 0.332 e. The summed E-state index contributed by atoms with van der Waals surface area (Å²) in [5.74, 6) is 0. The van der Waals surface area contributed by atoms with Crippen molar-refractivity contribution in [1.29, 1.82) is 0 Å². The van der Waals surface area contributed by atoms with Gasteiger partial charge >= 0.3 is 10.2 Å². The third-order valence-electron chi connectivity index (χ3n) is 2.39. The smallest absolute Gasteiger partial charge is 0.279 e. The molecule has 0 unspecified atom stereocenters. The van der Waals surface area contributed by atoms with Gasteiger partial charge in [-0.1, -0.05) is 0 Å². The Labute approximate surface area is 129 Å². The van der Waals surface area contributed by atoms with E-state index in [0.29, 0.717) is 4.60 Å². The molecule has 0 saturated heterocycles. The molecule has 2 rings (SSSR count). The number of hydrogen-bond donors (Lipinski definition) is 1. The SMILES string of the molecule is O=S(=O)(F)c1ccc(S(=O)(=O)Nc2ccnc(Br)c2)cc1. The number of sulfonamides is 1. The lowest BCUT2D eigenvalue weighted by atomic mass is 10.4. The van der Waals surface area contributed by atoms with Crippen LogP contribution in [0.25, 0.3) is 0 Å². The summed E-state index contributed by atoms with van der Waals surface area (Å²) in [6.07, 6.45) is 1.40. The van der Waals surface area contributed by atoms with Crippen LogP contribution >= 0.6 is 15.9 Å². The fourth-order valence-electron chi connectivity index (χ4n) is 1.46. The fourth-order valence-corrected chi connectivity index (χ4v) is 3.34. The molecule has 0 aliphatic carbocycles. The van der Waals surface area contributed by atoms with Crippen LogP contribution in [0.5, 0.6) is 0 Å². The predicted molar refractivity (Wildman–Crippen MR) is 77.5 cm³/mol. The Balaban J connectivity index is 2.32. The molecule has 0 spiro atoms. The van der Waals surface area contributed by atoms with Crippen molar-refractivity contribution in [3.05, 3.63) is 47.2 Å². The van der Waals surface area contributed by atoms with Crippen LogP contribution in [0.2, 0.25) is 0 Å².